The molecule has 0 aromatic heterocycles. The number of aliphatic hydroxyl groups is 3. The molecule has 7 heteroatoms. The Labute approximate surface area is 105 Å². The van der Waals surface area contributed by atoms with E-state index in [2.05, 4.69) is 0 Å². The molecule has 0 aromatic rings. The van der Waals surface area contributed by atoms with E-state index in [1.807, 2.05) is 0 Å². The van der Waals surface area contributed by atoms with Crippen molar-refractivity contribution in [3.63, 3.8) is 0 Å². The average molecular weight is 261 g/mol. The maximum absolute atomic E-state index is 11.2. The van der Waals surface area contributed by atoms with Crippen LogP contribution in [0.2, 0.25) is 0 Å². The Morgan fingerprint density at radius 3 is 2.67 bits per heavy atom. The zero-order valence-electron chi connectivity index (χ0n) is 10.2. The lowest BCUT2D eigenvalue weighted by molar-refractivity contribution is -0.188. The summed E-state index contributed by atoms with van der Waals surface area (Å²) in [7, 11) is 0. The number of hydrogen-bond donors (Lipinski definition) is 4. The van der Waals surface area contributed by atoms with E-state index in [0.29, 0.717) is 19.4 Å². The van der Waals surface area contributed by atoms with Crippen molar-refractivity contribution >= 4 is 5.97 Å². The van der Waals surface area contributed by atoms with Gasteiger partial charge in [0, 0.05) is 6.54 Å². The smallest absolute Gasteiger partial charge is 0.321 e. The van der Waals surface area contributed by atoms with Crippen molar-refractivity contribution in [1.82, 2.24) is 4.90 Å². The van der Waals surface area contributed by atoms with E-state index < -0.39 is 42.7 Å². The molecule has 5 atom stereocenters. The van der Waals surface area contributed by atoms with Crippen LogP contribution in [0.15, 0.2) is 0 Å². The summed E-state index contributed by atoms with van der Waals surface area (Å²) in [6, 6.07) is -0.728. The first-order valence-electron chi connectivity index (χ1n) is 6.06. The molecule has 1 unspecified atom stereocenters. The molecular formula is C11H19NO6. The van der Waals surface area contributed by atoms with E-state index in [-0.39, 0.29) is 0 Å². The number of carboxylic acids is 1. The Kier molecular flexibility index (Phi) is 3.61. The quantitative estimate of drug-likeness (QED) is 0.482. The van der Waals surface area contributed by atoms with E-state index in [1.165, 1.54) is 0 Å². The van der Waals surface area contributed by atoms with Crippen LogP contribution in [0.1, 0.15) is 19.8 Å². The molecule has 18 heavy (non-hydrogen) atoms. The number of likely N-dealkylation sites (tertiary alicyclic amines) is 1. The van der Waals surface area contributed by atoms with Crippen molar-refractivity contribution in [3.8, 4) is 0 Å². The van der Waals surface area contributed by atoms with Crippen molar-refractivity contribution in [1.29, 1.82) is 0 Å². The summed E-state index contributed by atoms with van der Waals surface area (Å²) in [6.45, 7) is 1.62. The zero-order valence-corrected chi connectivity index (χ0v) is 10.2. The molecule has 2 rings (SSSR count). The van der Waals surface area contributed by atoms with Crippen LogP contribution in [-0.2, 0) is 9.53 Å². The van der Waals surface area contributed by atoms with E-state index in [9.17, 15) is 15.0 Å². The van der Waals surface area contributed by atoms with Gasteiger partial charge in [-0.1, -0.05) is 0 Å². The Balaban J connectivity index is 2.23. The summed E-state index contributed by atoms with van der Waals surface area (Å²) in [5.74, 6) is -0.966. The molecule has 4 N–H and O–H groups in total. The van der Waals surface area contributed by atoms with Crippen molar-refractivity contribution < 1.29 is 30.0 Å². The van der Waals surface area contributed by atoms with Gasteiger partial charge in [0.1, 0.15) is 30.1 Å². The monoisotopic (exact) mass is 261 g/mol. The van der Waals surface area contributed by atoms with Gasteiger partial charge in [-0.3, -0.25) is 9.69 Å². The fourth-order valence-electron chi connectivity index (χ4n) is 2.90. The third-order valence-corrected chi connectivity index (χ3v) is 3.93. The molecule has 104 valence electrons. The van der Waals surface area contributed by atoms with Crippen molar-refractivity contribution in [2.45, 2.75) is 49.8 Å². The fraction of sp³-hybridized carbons (Fsp3) is 0.909. The molecule has 2 aliphatic heterocycles. The third-order valence-electron chi connectivity index (χ3n) is 3.93. The van der Waals surface area contributed by atoms with Gasteiger partial charge in [-0.05, 0) is 19.8 Å². The number of carbonyl (C=O) groups is 1. The highest BCUT2D eigenvalue weighted by Gasteiger charge is 2.57. The number of carboxylic acid groups (broad SMARTS) is 1. The van der Waals surface area contributed by atoms with Crippen LogP contribution >= 0.6 is 0 Å². The summed E-state index contributed by atoms with van der Waals surface area (Å²) in [5.41, 5.74) is -1.27. The van der Waals surface area contributed by atoms with Gasteiger partial charge >= 0.3 is 5.97 Å². The highest BCUT2D eigenvalue weighted by atomic mass is 16.6. The van der Waals surface area contributed by atoms with E-state index in [0.717, 1.165) is 0 Å². The lowest BCUT2D eigenvalue weighted by Crippen LogP contribution is -2.58. The number of aliphatic carboxylic acids is 1. The number of hydrogen-bond acceptors (Lipinski definition) is 6. The molecule has 0 aliphatic carbocycles. The molecule has 0 bridgehead atoms. The standard InChI is InChI=1S/C11H19NO6/c1-11(9(15)8(14)7(5-13)18-11)12-4-2-3-6(12)10(16)17/h6-9,13-15H,2-5H2,1H3,(H,16,17)/t6-,7-,8-,9+,11?/m0/s1. The average Bonchev–Trinajstić information content (AvgIpc) is 2.90. The third kappa shape index (κ3) is 1.92. The summed E-state index contributed by atoms with van der Waals surface area (Å²) in [4.78, 5) is 12.7. The summed E-state index contributed by atoms with van der Waals surface area (Å²) >= 11 is 0. The molecule has 2 heterocycles. The van der Waals surface area contributed by atoms with Gasteiger partial charge in [-0.25, -0.2) is 0 Å². The van der Waals surface area contributed by atoms with E-state index >= 15 is 0 Å². The molecule has 0 amide bonds. The molecule has 0 saturated carbocycles. The second-order valence-corrected chi connectivity index (χ2v) is 5.02. The lowest BCUT2D eigenvalue weighted by atomic mass is 10.0. The molecule has 2 saturated heterocycles. The first-order chi connectivity index (χ1) is 8.41. The van der Waals surface area contributed by atoms with Gasteiger partial charge in [0.2, 0.25) is 0 Å². The second kappa shape index (κ2) is 4.75. The molecule has 2 fully saturated rings. The largest absolute Gasteiger partial charge is 0.480 e. The summed E-state index contributed by atoms with van der Waals surface area (Å²) in [5, 5.41) is 38.0. The van der Waals surface area contributed by atoms with Gasteiger partial charge in [0.25, 0.3) is 0 Å². The Hall–Kier alpha value is -0.730. The van der Waals surface area contributed by atoms with Crippen LogP contribution in [-0.4, -0.2) is 74.5 Å². The highest BCUT2D eigenvalue weighted by molar-refractivity contribution is 5.74. The van der Waals surface area contributed by atoms with Gasteiger partial charge in [-0.15, -0.1) is 0 Å². The van der Waals surface area contributed by atoms with Crippen LogP contribution < -0.4 is 0 Å². The summed E-state index contributed by atoms with van der Waals surface area (Å²) < 4.78 is 5.50. The van der Waals surface area contributed by atoms with Gasteiger partial charge in [0.15, 0.2) is 0 Å². The van der Waals surface area contributed by atoms with E-state index in [1.54, 1.807) is 11.8 Å². The van der Waals surface area contributed by atoms with Crippen LogP contribution in [0.3, 0.4) is 0 Å². The van der Waals surface area contributed by atoms with Gasteiger partial charge in [-0.2, -0.15) is 0 Å². The van der Waals surface area contributed by atoms with Gasteiger partial charge < -0.3 is 25.2 Å². The number of aliphatic hydroxyl groups excluding tert-OH is 3. The van der Waals surface area contributed by atoms with Gasteiger partial charge in [0.05, 0.1) is 6.61 Å². The first-order valence-corrected chi connectivity index (χ1v) is 6.06. The zero-order chi connectivity index (χ0) is 13.5. The normalized spacial score (nSPS) is 45.6. The Bertz CT molecular complexity index is 337. The SMILES string of the molecule is CC1(N2CCC[C@H]2C(=O)O)O[C@@H](CO)[C@H](O)[C@H]1O. The minimum Gasteiger partial charge on any atom is -0.480 e. The maximum atomic E-state index is 11.2. The molecule has 0 spiro atoms. The molecule has 0 aromatic carbocycles. The molecular weight excluding hydrogens is 242 g/mol. The van der Waals surface area contributed by atoms with Crippen LogP contribution in [0, 0.1) is 0 Å². The minimum absolute atomic E-state index is 0.417. The number of ether oxygens (including phenoxy) is 1. The fourth-order valence-corrected chi connectivity index (χ4v) is 2.90. The lowest BCUT2D eigenvalue weighted by Gasteiger charge is -2.39. The van der Waals surface area contributed by atoms with Crippen molar-refractivity contribution in [3.05, 3.63) is 0 Å². The number of nitrogens with zero attached hydrogens (tertiary/aromatic N) is 1. The van der Waals surface area contributed by atoms with Crippen LogP contribution in [0.5, 0.6) is 0 Å². The van der Waals surface area contributed by atoms with E-state index in [4.69, 9.17) is 14.9 Å². The summed E-state index contributed by atoms with van der Waals surface area (Å²) in [6.07, 6.45) is -2.16. The Morgan fingerprint density at radius 1 is 1.50 bits per heavy atom. The minimum atomic E-state index is -1.27. The number of rotatable bonds is 3. The first kappa shape index (κ1) is 13.7. The molecule has 2 aliphatic rings. The second-order valence-electron chi connectivity index (χ2n) is 5.02. The maximum Gasteiger partial charge on any atom is 0.321 e. The Morgan fingerprint density at radius 2 is 2.17 bits per heavy atom. The predicted molar refractivity (Wildman–Crippen MR) is 59.7 cm³/mol. The van der Waals surface area contributed by atoms with Crippen molar-refractivity contribution in [2.75, 3.05) is 13.2 Å². The van der Waals surface area contributed by atoms with Crippen molar-refractivity contribution in [2.24, 2.45) is 0 Å². The molecule has 0 radical (unpaired) electrons. The highest BCUT2D eigenvalue weighted by Crippen LogP contribution is 2.38. The van der Waals surface area contributed by atoms with Crippen LogP contribution in [0.25, 0.3) is 0 Å². The van der Waals surface area contributed by atoms with Crippen LogP contribution in [0.4, 0.5) is 0 Å². The molecule has 7 nitrogen and oxygen atoms in total. The topological polar surface area (TPSA) is 110 Å². The predicted octanol–water partition coefficient (Wildman–Crippen LogP) is -1.64.